The van der Waals surface area contributed by atoms with Crippen molar-refractivity contribution in [3.8, 4) is 17.2 Å². The number of ketones is 1. The fraction of sp³-hybridized carbons (Fsp3) is 0. The van der Waals surface area contributed by atoms with Crippen molar-refractivity contribution in [1.82, 2.24) is 0 Å². The molecule has 3 aromatic carbocycles. The Hall–Kier alpha value is -3.53. The highest BCUT2D eigenvalue weighted by Gasteiger charge is 2.34. The van der Waals surface area contributed by atoms with E-state index in [-0.39, 0.29) is 28.6 Å². The number of carbonyl (C=O) groups excluding carboxylic acids is 1. The number of aromatic hydroxyl groups is 3. The highest BCUT2D eigenvalue weighted by Crippen LogP contribution is 2.46. The summed E-state index contributed by atoms with van der Waals surface area (Å²) in [7, 11) is 0. The molecule has 25 heavy (non-hydrogen) atoms. The number of benzene rings is 3. The lowest BCUT2D eigenvalue weighted by Crippen LogP contribution is -1.99. The summed E-state index contributed by atoms with van der Waals surface area (Å²) in [6, 6.07) is 18.4. The van der Waals surface area contributed by atoms with Crippen LogP contribution in [-0.2, 0) is 0 Å². The summed E-state index contributed by atoms with van der Waals surface area (Å²) in [4.78, 5) is 13.0. The molecule has 0 heterocycles. The lowest BCUT2D eigenvalue weighted by Gasteiger charge is -2.09. The van der Waals surface area contributed by atoms with Crippen LogP contribution in [0.4, 0.5) is 0 Å². The summed E-state index contributed by atoms with van der Waals surface area (Å²) in [5, 5.41) is 29.6. The predicted octanol–water partition coefficient (Wildman–Crippen LogP) is 3.96. The molecular weight excluding hydrogens is 316 g/mol. The molecule has 0 bridgehead atoms. The van der Waals surface area contributed by atoms with Crippen LogP contribution in [0.15, 0.2) is 66.7 Å². The number of fused-ring (bicyclic) bond motifs is 1. The maximum absolute atomic E-state index is 13.0. The average Bonchev–Trinajstić information content (AvgIpc) is 2.89. The molecule has 4 nitrogen and oxygen atoms in total. The van der Waals surface area contributed by atoms with Crippen molar-refractivity contribution in [3.63, 3.8) is 0 Å². The molecule has 3 aromatic rings. The van der Waals surface area contributed by atoms with Crippen molar-refractivity contribution in [1.29, 1.82) is 0 Å². The van der Waals surface area contributed by atoms with Crippen molar-refractivity contribution in [2.45, 2.75) is 0 Å². The minimum Gasteiger partial charge on any atom is -0.508 e. The number of rotatable bonds is 2. The topological polar surface area (TPSA) is 77.8 Å². The smallest absolute Gasteiger partial charge is 0.198 e. The summed E-state index contributed by atoms with van der Waals surface area (Å²) in [6.45, 7) is 0. The summed E-state index contributed by atoms with van der Waals surface area (Å²) < 4.78 is 0. The monoisotopic (exact) mass is 330 g/mol. The minimum absolute atomic E-state index is 0.106. The second-order valence-corrected chi connectivity index (χ2v) is 5.88. The average molecular weight is 330 g/mol. The van der Waals surface area contributed by atoms with Gasteiger partial charge in [-0.3, -0.25) is 4.79 Å². The van der Waals surface area contributed by atoms with Gasteiger partial charge in [0.15, 0.2) is 5.78 Å². The lowest BCUT2D eigenvalue weighted by atomic mass is 9.94. The van der Waals surface area contributed by atoms with Gasteiger partial charge in [0.2, 0.25) is 0 Å². The Morgan fingerprint density at radius 3 is 1.96 bits per heavy atom. The van der Waals surface area contributed by atoms with E-state index in [2.05, 4.69) is 0 Å². The molecule has 0 aromatic heterocycles. The number of phenolic OH excluding ortho intramolecular Hbond substituents is 3. The maximum Gasteiger partial charge on any atom is 0.198 e. The molecule has 122 valence electrons. The van der Waals surface area contributed by atoms with Gasteiger partial charge in [-0.2, -0.15) is 0 Å². The second kappa shape index (κ2) is 5.53. The molecule has 0 fully saturated rings. The third-order valence-corrected chi connectivity index (χ3v) is 4.29. The van der Waals surface area contributed by atoms with E-state index in [1.54, 1.807) is 12.1 Å². The number of hydrogen-bond donors (Lipinski definition) is 3. The molecule has 3 N–H and O–H groups in total. The predicted molar refractivity (Wildman–Crippen MR) is 94.6 cm³/mol. The van der Waals surface area contributed by atoms with E-state index in [1.807, 2.05) is 30.3 Å². The molecule has 4 rings (SSSR count). The minimum atomic E-state index is -0.308. The van der Waals surface area contributed by atoms with E-state index < -0.39 is 0 Å². The number of carbonyl (C=O) groups is 1. The summed E-state index contributed by atoms with van der Waals surface area (Å²) in [6.07, 6.45) is 0. The van der Waals surface area contributed by atoms with Gasteiger partial charge in [0.05, 0.1) is 5.56 Å². The molecule has 0 saturated carbocycles. The molecule has 0 amide bonds. The fourth-order valence-electron chi connectivity index (χ4n) is 3.23. The van der Waals surface area contributed by atoms with Crippen LogP contribution >= 0.6 is 0 Å². The molecule has 0 radical (unpaired) electrons. The molecule has 0 aliphatic heterocycles. The first-order valence-electron chi connectivity index (χ1n) is 7.76. The van der Waals surface area contributed by atoms with Gasteiger partial charge < -0.3 is 15.3 Å². The van der Waals surface area contributed by atoms with Crippen molar-refractivity contribution in [3.05, 3.63) is 89.0 Å². The van der Waals surface area contributed by atoms with Gasteiger partial charge in [0.1, 0.15) is 17.2 Å². The number of phenols is 3. The van der Waals surface area contributed by atoms with E-state index >= 15 is 0 Å². The van der Waals surface area contributed by atoms with E-state index in [9.17, 15) is 20.1 Å². The van der Waals surface area contributed by atoms with E-state index in [0.29, 0.717) is 22.3 Å². The highest BCUT2D eigenvalue weighted by molar-refractivity contribution is 6.42. The normalized spacial score (nSPS) is 13.2. The largest absolute Gasteiger partial charge is 0.508 e. The Balaban J connectivity index is 2.06. The van der Waals surface area contributed by atoms with Gasteiger partial charge in [-0.05, 0) is 29.3 Å². The van der Waals surface area contributed by atoms with Crippen LogP contribution in [0.2, 0.25) is 0 Å². The Morgan fingerprint density at radius 1 is 0.640 bits per heavy atom. The third-order valence-electron chi connectivity index (χ3n) is 4.29. The molecular formula is C21H14O4. The Kier molecular flexibility index (Phi) is 3.32. The van der Waals surface area contributed by atoms with Gasteiger partial charge in [0, 0.05) is 22.8 Å². The van der Waals surface area contributed by atoms with Gasteiger partial charge in [0.25, 0.3) is 0 Å². The van der Waals surface area contributed by atoms with Crippen LogP contribution in [0.3, 0.4) is 0 Å². The number of Topliss-reactive ketones (excluding diaryl/α,β-unsaturated/α-hetero) is 1. The van der Waals surface area contributed by atoms with Crippen LogP contribution in [0, 0.1) is 0 Å². The lowest BCUT2D eigenvalue weighted by molar-refractivity contribution is 0.105. The van der Waals surface area contributed by atoms with Crippen molar-refractivity contribution < 1.29 is 20.1 Å². The Bertz CT molecular complexity index is 1020. The van der Waals surface area contributed by atoms with Crippen molar-refractivity contribution >= 4 is 16.9 Å². The van der Waals surface area contributed by atoms with Crippen LogP contribution in [0.1, 0.15) is 27.0 Å². The Labute approximate surface area is 143 Å². The zero-order valence-corrected chi connectivity index (χ0v) is 13.1. The van der Waals surface area contributed by atoms with Crippen molar-refractivity contribution in [2.24, 2.45) is 0 Å². The van der Waals surface area contributed by atoms with Crippen LogP contribution in [0.25, 0.3) is 11.1 Å². The van der Waals surface area contributed by atoms with Crippen LogP contribution in [-0.4, -0.2) is 21.1 Å². The summed E-state index contributed by atoms with van der Waals surface area (Å²) in [5.74, 6) is -0.558. The van der Waals surface area contributed by atoms with Crippen LogP contribution < -0.4 is 0 Å². The zero-order valence-electron chi connectivity index (χ0n) is 13.1. The third kappa shape index (κ3) is 2.35. The molecule has 0 spiro atoms. The van der Waals surface area contributed by atoms with Gasteiger partial charge in [-0.1, -0.05) is 42.5 Å². The number of hydrogen-bond acceptors (Lipinski definition) is 4. The quantitative estimate of drug-likeness (QED) is 0.665. The summed E-state index contributed by atoms with van der Waals surface area (Å²) >= 11 is 0. The molecule has 1 aliphatic rings. The van der Waals surface area contributed by atoms with Crippen molar-refractivity contribution in [2.75, 3.05) is 0 Å². The standard InChI is InChI=1S/C21H14O4/c22-14-8-6-13(7-9-14)19-18(12-4-2-1-3-5-12)16-10-15(23)11-17(24)20(16)21(19)25/h1-11,22-24H. The molecule has 0 saturated heterocycles. The Morgan fingerprint density at radius 2 is 1.28 bits per heavy atom. The SMILES string of the molecule is O=C1C(c2ccc(O)cc2)=C(c2ccccc2)c2cc(O)cc(O)c21. The molecule has 0 unspecified atom stereocenters. The molecule has 4 heteroatoms. The van der Waals surface area contributed by atoms with E-state index in [4.69, 9.17) is 0 Å². The maximum atomic E-state index is 13.0. The fourth-order valence-corrected chi connectivity index (χ4v) is 3.23. The van der Waals surface area contributed by atoms with Gasteiger partial charge >= 0.3 is 0 Å². The number of allylic oxidation sites excluding steroid dienone is 1. The first-order valence-corrected chi connectivity index (χ1v) is 7.76. The molecule has 0 atom stereocenters. The second-order valence-electron chi connectivity index (χ2n) is 5.88. The first kappa shape index (κ1) is 15.0. The first-order chi connectivity index (χ1) is 12.1. The highest BCUT2D eigenvalue weighted by atomic mass is 16.3. The zero-order chi connectivity index (χ0) is 17.6. The van der Waals surface area contributed by atoms with Crippen LogP contribution in [0.5, 0.6) is 17.2 Å². The van der Waals surface area contributed by atoms with E-state index in [1.165, 1.54) is 24.3 Å². The summed E-state index contributed by atoms with van der Waals surface area (Å²) in [5.41, 5.74) is 3.20. The van der Waals surface area contributed by atoms with Gasteiger partial charge in [-0.25, -0.2) is 0 Å². The van der Waals surface area contributed by atoms with Gasteiger partial charge in [-0.15, -0.1) is 0 Å². The molecule has 1 aliphatic carbocycles. The van der Waals surface area contributed by atoms with E-state index in [0.717, 1.165) is 5.56 Å².